The second-order valence-corrected chi connectivity index (χ2v) is 12.2. The molecule has 0 saturated carbocycles. The van der Waals surface area contributed by atoms with Crippen LogP contribution >= 0.6 is 35.4 Å². The number of aryl methyl sites for hydroxylation is 1. The number of aromatic nitrogens is 2. The van der Waals surface area contributed by atoms with E-state index in [2.05, 4.69) is 23.7 Å². The van der Waals surface area contributed by atoms with Crippen LogP contribution in [0.5, 0.6) is 0 Å². The maximum atomic E-state index is 12.8. The molecule has 0 amide bonds. The highest BCUT2D eigenvalue weighted by Crippen LogP contribution is 2.36. The molecule has 3 aromatic carbocycles. The third-order valence-corrected chi connectivity index (χ3v) is 8.91. The Labute approximate surface area is 270 Å². The first-order valence-corrected chi connectivity index (χ1v) is 15.2. The van der Waals surface area contributed by atoms with Crippen LogP contribution in [0.3, 0.4) is 0 Å². The molecule has 1 aromatic heterocycles. The van der Waals surface area contributed by atoms with Crippen LogP contribution in [0.4, 0.5) is 13.2 Å². The number of halogens is 5. The van der Waals surface area contributed by atoms with Gasteiger partial charge in [-0.2, -0.15) is 18.3 Å². The van der Waals surface area contributed by atoms with Gasteiger partial charge in [0.2, 0.25) is 0 Å². The Hall–Kier alpha value is -3.64. The largest absolute Gasteiger partial charge is 0.416 e. The molecule has 4 nitrogen and oxygen atoms in total. The Morgan fingerprint density at radius 2 is 1.66 bits per heavy atom. The zero-order valence-corrected chi connectivity index (χ0v) is 26.9. The molecule has 5 rings (SSSR count). The van der Waals surface area contributed by atoms with Crippen molar-refractivity contribution in [2.75, 3.05) is 7.05 Å². The molecule has 1 aliphatic rings. The predicted octanol–water partition coefficient (Wildman–Crippen LogP) is 9.21. The first kappa shape index (κ1) is 31.8. The van der Waals surface area contributed by atoms with Crippen LogP contribution < -0.4 is 0 Å². The lowest BCUT2D eigenvalue weighted by Crippen LogP contribution is -2.44. The molecular weight excluding hydrogens is 624 g/mol. The van der Waals surface area contributed by atoms with Gasteiger partial charge in [-0.15, -0.1) is 0 Å². The van der Waals surface area contributed by atoms with E-state index in [1.807, 2.05) is 55.9 Å². The topological polar surface area (TPSA) is 33.4 Å². The molecule has 0 spiro atoms. The summed E-state index contributed by atoms with van der Waals surface area (Å²) in [5.41, 5.74) is 4.76. The second kappa shape index (κ2) is 12.4. The van der Waals surface area contributed by atoms with Crippen molar-refractivity contribution in [1.29, 1.82) is 0 Å². The quantitative estimate of drug-likeness (QED) is 0.154. The van der Waals surface area contributed by atoms with Crippen molar-refractivity contribution in [3.05, 3.63) is 105 Å². The molecule has 226 valence electrons. The first-order valence-electron chi connectivity index (χ1n) is 14.0. The lowest BCUT2D eigenvalue weighted by Gasteiger charge is -2.29. The molecule has 0 fully saturated rings. The van der Waals surface area contributed by atoms with Gasteiger partial charge in [-0.1, -0.05) is 78.4 Å². The van der Waals surface area contributed by atoms with Gasteiger partial charge in [0.25, 0.3) is 0 Å². The maximum Gasteiger partial charge on any atom is 0.416 e. The van der Waals surface area contributed by atoms with Gasteiger partial charge in [0, 0.05) is 35.2 Å². The number of hydrogen-bond acceptors (Lipinski definition) is 3. The highest BCUT2D eigenvalue weighted by Gasteiger charge is 2.40. The maximum absolute atomic E-state index is 12.8. The number of aliphatic imine (C=N–C) groups is 1. The predicted molar refractivity (Wildman–Crippen MR) is 176 cm³/mol. The number of rotatable bonds is 6. The molecule has 0 unspecified atom stereocenters. The van der Waals surface area contributed by atoms with Gasteiger partial charge >= 0.3 is 6.18 Å². The lowest BCUT2D eigenvalue weighted by atomic mass is 10.0. The number of nitrogens with zero attached hydrogens (tertiary/aromatic N) is 4. The summed E-state index contributed by atoms with van der Waals surface area (Å²) in [6.45, 7) is 6.15. The summed E-state index contributed by atoms with van der Waals surface area (Å²) in [4.78, 5) is 7.40. The van der Waals surface area contributed by atoms with Gasteiger partial charge in [0.05, 0.1) is 27.5 Å². The minimum absolute atomic E-state index is 0.426. The molecule has 0 N–H and O–H groups in total. The van der Waals surface area contributed by atoms with Gasteiger partial charge < -0.3 is 4.90 Å². The van der Waals surface area contributed by atoms with E-state index in [1.54, 1.807) is 12.1 Å². The summed E-state index contributed by atoms with van der Waals surface area (Å²) >= 11 is 18.5. The molecule has 0 saturated heterocycles. The van der Waals surface area contributed by atoms with E-state index in [4.69, 9.17) is 45.5 Å². The summed E-state index contributed by atoms with van der Waals surface area (Å²) in [6, 6.07) is 18.4. The third-order valence-electron chi connectivity index (χ3n) is 7.78. The summed E-state index contributed by atoms with van der Waals surface area (Å²) in [7, 11) is 1.97. The van der Waals surface area contributed by atoms with Gasteiger partial charge in [0.1, 0.15) is 10.7 Å². The summed E-state index contributed by atoms with van der Waals surface area (Å²) in [5, 5.41) is 6.03. The number of likely N-dealkylation sites (N-methyl/N-ethyl adjacent to an activating group) is 1. The van der Waals surface area contributed by atoms with Crippen LogP contribution in [0.2, 0.25) is 10.0 Å². The summed E-state index contributed by atoms with van der Waals surface area (Å²) in [5.74, 6) is 7.00. The number of alkyl halides is 3. The number of benzene rings is 3. The van der Waals surface area contributed by atoms with Crippen LogP contribution in [0.15, 0.2) is 71.7 Å². The summed E-state index contributed by atoms with van der Waals surface area (Å²) in [6.07, 6.45) is -2.58. The van der Waals surface area contributed by atoms with Gasteiger partial charge in [-0.25, -0.2) is 9.67 Å². The second-order valence-electron chi connectivity index (χ2n) is 11.0. The summed E-state index contributed by atoms with van der Waals surface area (Å²) < 4.78 is 40.3. The highest BCUT2D eigenvalue weighted by molar-refractivity contribution is 7.80. The van der Waals surface area contributed by atoms with Crippen molar-refractivity contribution in [1.82, 2.24) is 14.7 Å². The Morgan fingerprint density at radius 3 is 2.23 bits per heavy atom. The molecule has 2 heterocycles. The first-order chi connectivity index (χ1) is 20.8. The molecule has 0 atom stereocenters. The van der Waals surface area contributed by atoms with Gasteiger partial charge in [-0.3, -0.25) is 0 Å². The SMILES string of the molecule is CCc1c(C2=NC(=S)C(C)(C)N2C)nn(-c2ccc(Cl)cc2Cl)c1-c1ccc(C#CCCc2ccc(C(F)(F)F)cc2)cc1. The fourth-order valence-corrected chi connectivity index (χ4v) is 5.67. The fraction of sp³-hybridized carbons (Fsp3) is 0.265. The molecule has 10 heteroatoms. The highest BCUT2D eigenvalue weighted by atomic mass is 35.5. The van der Waals surface area contributed by atoms with E-state index in [0.29, 0.717) is 45.8 Å². The van der Waals surface area contributed by atoms with Gasteiger partial charge in [-0.05, 0) is 74.7 Å². The fourth-order valence-electron chi connectivity index (χ4n) is 4.96. The zero-order valence-electron chi connectivity index (χ0n) is 24.6. The molecule has 44 heavy (non-hydrogen) atoms. The van der Waals surface area contributed by atoms with Crippen LogP contribution in [0.25, 0.3) is 16.9 Å². The molecule has 0 radical (unpaired) electrons. The Bertz CT molecular complexity index is 1810. The Balaban J connectivity index is 1.46. The van der Waals surface area contributed by atoms with Crippen LogP contribution in [-0.4, -0.2) is 38.1 Å². The lowest BCUT2D eigenvalue weighted by molar-refractivity contribution is -0.137. The Kier molecular flexibility index (Phi) is 8.95. The molecule has 4 aromatic rings. The van der Waals surface area contributed by atoms with Crippen LogP contribution in [-0.2, 0) is 19.0 Å². The molecule has 0 aliphatic carbocycles. The van der Waals surface area contributed by atoms with Crippen molar-refractivity contribution >= 4 is 46.2 Å². The Morgan fingerprint density at radius 1 is 0.977 bits per heavy atom. The van der Waals surface area contributed by atoms with E-state index >= 15 is 0 Å². The molecule has 0 bridgehead atoms. The molecule has 1 aliphatic heterocycles. The zero-order chi connectivity index (χ0) is 31.8. The number of amidine groups is 1. The third kappa shape index (κ3) is 6.28. The van der Waals surface area contributed by atoms with E-state index in [-0.39, 0.29) is 0 Å². The minimum Gasteiger partial charge on any atom is -0.346 e. The smallest absolute Gasteiger partial charge is 0.346 e. The van der Waals surface area contributed by atoms with E-state index in [9.17, 15) is 13.2 Å². The minimum atomic E-state index is -4.34. The van der Waals surface area contributed by atoms with Crippen LogP contribution in [0, 0.1) is 11.8 Å². The molecular formula is C34H29Cl2F3N4S. The van der Waals surface area contributed by atoms with Crippen molar-refractivity contribution in [2.24, 2.45) is 4.99 Å². The number of hydrogen-bond donors (Lipinski definition) is 0. The van der Waals surface area contributed by atoms with E-state index < -0.39 is 17.3 Å². The average molecular weight is 654 g/mol. The van der Waals surface area contributed by atoms with Crippen molar-refractivity contribution in [3.8, 4) is 28.8 Å². The normalized spacial score (nSPS) is 14.4. The number of thiocarbonyl (C=S) groups is 1. The van der Waals surface area contributed by atoms with Gasteiger partial charge in [0.15, 0.2) is 5.84 Å². The van der Waals surface area contributed by atoms with Crippen molar-refractivity contribution < 1.29 is 13.2 Å². The van der Waals surface area contributed by atoms with E-state index in [0.717, 1.165) is 45.8 Å². The average Bonchev–Trinajstić information content (AvgIpc) is 3.45. The monoisotopic (exact) mass is 652 g/mol. The standard InChI is InChI=1S/C34H29Cl2F3N4S/c1-5-26-29(31-40-32(44)33(2,3)42(31)4)41-43(28-19-18-25(35)20-27(28)36)30(26)23-14-10-21(11-15-23)8-6-7-9-22-12-16-24(17-13-22)34(37,38)39/h10-20H,5,7,9H2,1-4H3. The van der Waals surface area contributed by atoms with E-state index in [1.165, 1.54) is 12.1 Å². The van der Waals surface area contributed by atoms with Crippen molar-refractivity contribution in [2.45, 2.75) is 51.7 Å². The van der Waals surface area contributed by atoms with Crippen molar-refractivity contribution in [3.63, 3.8) is 0 Å². The van der Waals surface area contributed by atoms with Crippen LogP contribution in [0.1, 0.15) is 55.1 Å².